The molecule has 2 amide bonds. The summed E-state index contributed by atoms with van der Waals surface area (Å²) in [6, 6.07) is 13.7. The molecule has 2 N–H and O–H groups in total. The summed E-state index contributed by atoms with van der Waals surface area (Å²) in [4.78, 5) is 24.9. The van der Waals surface area contributed by atoms with Crippen LogP contribution < -0.4 is 10.4 Å². The van der Waals surface area contributed by atoms with Crippen molar-refractivity contribution in [2.24, 2.45) is 5.41 Å². The lowest BCUT2D eigenvalue weighted by Crippen LogP contribution is -2.36. The molecule has 1 fully saturated rings. The first-order valence-corrected chi connectivity index (χ1v) is 8.97. The topological polar surface area (TPSA) is 93.4 Å². The number of carbonyl (C=O) groups excluding carboxylic acids is 2. The number of hydroxylamine groups is 1. The highest BCUT2D eigenvalue weighted by atomic mass is 16.5. The van der Waals surface area contributed by atoms with Gasteiger partial charge < -0.3 is 5.32 Å². The Morgan fingerprint density at radius 1 is 1.19 bits per heavy atom. The van der Waals surface area contributed by atoms with Crippen molar-refractivity contribution in [1.29, 1.82) is 5.26 Å². The standard InChI is InChI=1S/C21H19N3O3/c22-13-17-3-1-2-4-18(17)24(27)19(25)15-5-6-16-12-21(8-7-14(16)11-15)9-10-23-20(21)26/h1-6,11,27H,7-10,12H2,(H,23,26)/t21-/m0/s1. The van der Waals surface area contributed by atoms with Gasteiger partial charge in [0.15, 0.2) is 0 Å². The van der Waals surface area contributed by atoms with Crippen molar-refractivity contribution in [3.63, 3.8) is 0 Å². The number of benzene rings is 2. The molecule has 1 atom stereocenters. The summed E-state index contributed by atoms with van der Waals surface area (Å²) < 4.78 is 0. The Labute approximate surface area is 157 Å². The number of carbonyl (C=O) groups is 2. The van der Waals surface area contributed by atoms with Crippen LogP contribution in [0, 0.1) is 16.7 Å². The van der Waals surface area contributed by atoms with Crippen LogP contribution in [0.25, 0.3) is 0 Å². The molecule has 1 aliphatic heterocycles. The van der Waals surface area contributed by atoms with E-state index in [0.29, 0.717) is 17.0 Å². The molecule has 0 radical (unpaired) electrons. The summed E-state index contributed by atoms with van der Waals surface area (Å²) in [6.45, 7) is 0.725. The van der Waals surface area contributed by atoms with E-state index in [1.165, 1.54) is 6.07 Å². The van der Waals surface area contributed by atoms with E-state index < -0.39 is 5.91 Å². The predicted molar refractivity (Wildman–Crippen MR) is 98.3 cm³/mol. The van der Waals surface area contributed by atoms with E-state index in [9.17, 15) is 14.8 Å². The molecule has 6 nitrogen and oxygen atoms in total. The number of nitriles is 1. The van der Waals surface area contributed by atoms with Gasteiger partial charge in [0, 0.05) is 12.1 Å². The molecule has 0 bridgehead atoms. The van der Waals surface area contributed by atoms with Crippen LogP contribution in [0.15, 0.2) is 42.5 Å². The average molecular weight is 361 g/mol. The van der Waals surface area contributed by atoms with E-state index in [2.05, 4.69) is 5.32 Å². The fraction of sp³-hybridized carbons (Fsp3) is 0.286. The molecule has 0 unspecified atom stereocenters. The second kappa shape index (κ2) is 6.53. The summed E-state index contributed by atoms with van der Waals surface area (Å²) in [7, 11) is 0. The van der Waals surface area contributed by atoms with E-state index >= 15 is 0 Å². The molecule has 2 aromatic carbocycles. The quantitative estimate of drug-likeness (QED) is 0.635. The van der Waals surface area contributed by atoms with E-state index in [-0.39, 0.29) is 22.6 Å². The lowest BCUT2D eigenvalue weighted by atomic mass is 9.70. The minimum Gasteiger partial charge on any atom is -0.356 e. The third kappa shape index (κ3) is 2.86. The van der Waals surface area contributed by atoms with Crippen molar-refractivity contribution in [2.45, 2.75) is 25.7 Å². The molecule has 1 spiro atoms. The number of amides is 2. The van der Waals surface area contributed by atoms with Crippen molar-refractivity contribution in [3.05, 3.63) is 64.7 Å². The number of nitrogens with one attached hydrogen (secondary N) is 1. The van der Waals surface area contributed by atoms with Crippen LogP contribution in [-0.2, 0) is 17.6 Å². The third-order valence-electron chi connectivity index (χ3n) is 5.67. The van der Waals surface area contributed by atoms with Crippen molar-refractivity contribution < 1.29 is 14.8 Å². The first kappa shape index (κ1) is 17.3. The molecular formula is C21H19N3O3. The molecular weight excluding hydrogens is 342 g/mol. The molecule has 27 heavy (non-hydrogen) atoms. The molecule has 4 rings (SSSR count). The fourth-order valence-corrected chi connectivity index (χ4v) is 4.10. The van der Waals surface area contributed by atoms with Gasteiger partial charge in [-0.05, 0) is 61.1 Å². The average Bonchev–Trinajstić information content (AvgIpc) is 3.05. The monoisotopic (exact) mass is 361 g/mol. The van der Waals surface area contributed by atoms with Crippen molar-refractivity contribution in [1.82, 2.24) is 5.32 Å². The zero-order chi connectivity index (χ0) is 19.0. The highest BCUT2D eigenvalue weighted by Crippen LogP contribution is 2.41. The summed E-state index contributed by atoms with van der Waals surface area (Å²) in [5, 5.41) is 23.0. The Balaban J connectivity index is 1.60. The second-order valence-corrected chi connectivity index (χ2v) is 7.19. The fourth-order valence-electron chi connectivity index (χ4n) is 4.10. The Hall–Kier alpha value is -3.17. The van der Waals surface area contributed by atoms with Gasteiger partial charge in [-0.2, -0.15) is 10.3 Å². The number of para-hydroxylation sites is 1. The number of hydrogen-bond donors (Lipinski definition) is 2. The third-order valence-corrected chi connectivity index (χ3v) is 5.67. The summed E-state index contributed by atoms with van der Waals surface area (Å²) >= 11 is 0. The maximum Gasteiger partial charge on any atom is 0.282 e. The Morgan fingerprint density at radius 3 is 2.74 bits per heavy atom. The lowest BCUT2D eigenvalue weighted by molar-refractivity contribution is -0.128. The van der Waals surface area contributed by atoms with Gasteiger partial charge in [0.2, 0.25) is 5.91 Å². The first-order chi connectivity index (χ1) is 13.0. The van der Waals surface area contributed by atoms with Gasteiger partial charge in [-0.25, -0.2) is 0 Å². The van der Waals surface area contributed by atoms with Crippen molar-refractivity contribution in [2.75, 3.05) is 11.6 Å². The Morgan fingerprint density at radius 2 is 2.00 bits per heavy atom. The van der Waals surface area contributed by atoms with Crippen molar-refractivity contribution in [3.8, 4) is 6.07 Å². The normalized spacial score (nSPS) is 20.7. The molecule has 0 saturated carbocycles. The van der Waals surface area contributed by atoms with Gasteiger partial charge in [0.05, 0.1) is 16.7 Å². The Kier molecular flexibility index (Phi) is 4.17. The minimum absolute atomic E-state index is 0.128. The molecule has 2 aliphatic rings. The van der Waals surface area contributed by atoms with Gasteiger partial charge in [-0.15, -0.1) is 0 Å². The van der Waals surface area contributed by atoms with Crippen LogP contribution in [0.1, 0.15) is 39.9 Å². The summed E-state index contributed by atoms with van der Waals surface area (Å²) in [5.41, 5.74) is 2.54. The largest absolute Gasteiger partial charge is 0.356 e. The number of aryl methyl sites for hydroxylation is 1. The highest BCUT2D eigenvalue weighted by molar-refractivity contribution is 6.05. The van der Waals surface area contributed by atoms with Crippen molar-refractivity contribution >= 4 is 17.5 Å². The highest BCUT2D eigenvalue weighted by Gasteiger charge is 2.44. The smallest absolute Gasteiger partial charge is 0.282 e. The van der Waals surface area contributed by atoms with E-state index in [0.717, 1.165) is 36.9 Å². The maximum atomic E-state index is 12.7. The molecule has 1 aliphatic carbocycles. The summed E-state index contributed by atoms with van der Waals surface area (Å²) in [5.74, 6) is -0.456. The SMILES string of the molecule is N#Cc1ccccc1N(O)C(=O)c1ccc2c(c1)CC[C@]1(CCNC1=O)C2. The minimum atomic E-state index is -0.584. The van der Waals surface area contributed by atoms with E-state index in [4.69, 9.17) is 5.26 Å². The molecule has 0 aromatic heterocycles. The number of hydrogen-bond acceptors (Lipinski definition) is 4. The summed E-state index contributed by atoms with van der Waals surface area (Å²) in [6.07, 6.45) is 3.03. The number of nitrogens with zero attached hydrogens (tertiary/aromatic N) is 2. The number of rotatable bonds is 2. The van der Waals surface area contributed by atoms with Crippen LogP contribution in [0.5, 0.6) is 0 Å². The lowest BCUT2D eigenvalue weighted by Gasteiger charge is -2.32. The van der Waals surface area contributed by atoms with Gasteiger partial charge >= 0.3 is 0 Å². The molecule has 1 saturated heterocycles. The van der Waals surface area contributed by atoms with Gasteiger partial charge in [0.1, 0.15) is 6.07 Å². The Bertz CT molecular complexity index is 979. The van der Waals surface area contributed by atoms with Crippen LogP contribution in [-0.4, -0.2) is 23.6 Å². The van der Waals surface area contributed by atoms with Crippen LogP contribution in [0.4, 0.5) is 5.69 Å². The maximum absolute atomic E-state index is 12.7. The van der Waals surface area contributed by atoms with Gasteiger partial charge in [0.25, 0.3) is 5.91 Å². The van der Waals surface area contributed by atoms with Gasteiger partial charge in [-0.3, -0.25) is 14.8 Å². The second-order valence-electron chi connectivity index (χ2n) is 7.19. The van der Waals surface area contributed by atoms with E-state index in [1.54, 1.807) is 30.3 Å². The predicted octanol–water partition coefficient (Wildman–Crippen LogP) is 2.59. The molecule has 136 valence electrons. The first-order valence-electron chi connectivity index (χ1n) is 8.97. The number of anilines is 1. The zero-order valence-corrected chi connectivity index (χ0v) is 14.7. The van der Waals surface area contributed by atoms with Gasteiger partial charge in [-0.1, -0.05) is 18.2 Å². The number of fused-ring (bicyclic) bond motifs is 1. The molecule has 6 heteroatoms. The zero-order valence-electron chi connectivity index (χ0n) is 14.7. The van der Waals surface area contributed by atoms with E-state index in [1.807, 2.05) is 12.1 Å². The van der Waals surface area contributed by atoms with Crippen LogP contribution in [0.3, 0.4) is 0 Å². The molecule has 2 aromatic rings. The van der Waals surface area contributed by atoms with Crippen LogP contribution in [0.2, 0.25) is 0 Å². The van der Waals surface area contributed by atoms with Crippen LogP contribution >= 0.6 is 0 Å². The molecule has 1 heterocycles.